The molecule has 0 saturated carbocycles. The fraction of sp³-hybridized carbons (Fsp3) is 1.00. The van der Waals surface area contributed by atoms with Crippen LogP contribution >= 0.6 is 0 Å². The van der Waals surface area contributed by atoms with Crippen LogP contribution in [0.25, 0.3) is 0 Å². The fourth-order valence-corrected chi connectivity index (χ4v) is 3.94. The van der Waals surface area contributed by atoms with E-state index >= 15 is 0 Å². The summed E-state index contributed by atoms with van der Waals surface area (Å²) in [4.78, 5) is 0. The van der Waals surface area contributed by atoms with E-state index in [1.54, 1.807) is 0 Å². The Bertz CT molecular complexity index is 639. The summed E-state index contributed by atoms with van der Waals surface area (Å²) in [6, 6.07) is 0. The third-order valence-corrected chi connectivity index (χ3v) is 6.07. The molecule has 16 nitrogen and oxygen atoms in total. The topological polar surface area (TPSA) is 269 Å². The highest BCUT2D eigenvalue weighted by molar-refractivity contribution is 4.94. The van der Waals surface area contributed by atoms with Gasteiger partial charge in [-0.15, -0.1) is 0 Å². The van der Waals surface area contributed by atoms with Crippen LogP contribution in [0.15, 0.2) is 0 Å². The Morgan fingerprint density at radius 3 is 1.59 bits per heavy atom. The molecule has 3 fully saturated rings. The lowest BCUT2D eigenvalue weighted by atomic mass is 9.97. The molecule has 0 aliphatic carbocycles. The van der Waals surface area contributed by atoms with Crippen LogP contribution < -0.4 is 0 Å². The summed E-state index contributed by atoms with van der Waals surface area (Å²) >= 11 is 0. The molecule has 0 amide bonds. The van der Waals surface area contributed by atoms with Gasteiger partial charge in [0.05, 0.1) is 19.8 Å². The van der Waals surface area contributed by atoms with Crippen molar-refractivity contribution < 1.29 is 79.9 Å². The second-order valence-electron chi connectivity index (χ2n) is 8.37. The van der Waals surface area contributed by atoms with Crippen molar-refractivity contribution in [1.29, 1.82) is 0 Å². The summed E-state index contributed by atoms with van der Waals surface area (Å²) < 4.78 is 26.1. The molecule has 0 spiro atoms. The van der Waals surface area contributed by atoms with Crippen molar-refractivity contribution in [3.05, 3.63) is 0 Å². The summed E-state index contributed by atoms with van der Waals surface area (Å²) in [7, 11) is 0. The highest BCUT2D eigenvalue weighted by Crippen LogP contribution is 2.29. The van der Waals surface area contributed by atoms with Crippen molar-refractivity contribution in [2.24, 2.45) is 0 Å². The third-order valence-electron chi connectivity index (χ3n) is 6.07. The SMILES string of the molecule is OC[C@H]1O[C@H](OC[C@H]2O[C@H](O[C@@H]3[C@@H](O)[C@H](O)O[C@H](CO)[C@@H]3O)[C@H](O)[C@@H](O)[C@H]2O)[C@H](O)[C@@H](O)[C@H]1O. The minimum atomic E-state index is -1.88. The van der Waals surface area contributed by atoms with Crippen LogP contribution in [0, 0.1) is 0 Å². The third kappa shape index (κ3) is 5.52. The maximum atomic E-state index is 10.3. The van der Waals surface area contributed by atoms with E-state index in [0.717, 1.165) is 0 Å². The predicted molar refractivity (Wildman–Crippen MR) is 101 cm³/mol. The van der Waals surface area contributed by atoms with Crippen molar-refractivity contribution >= 4 is 0 Å². The van der Waals surface area contributed by atoms with Crippen LogP contribution in [-0.4, -0.2) is 168 Å². The quantitative estimate of drug-likeness (QED) is 0.154. The predicted octanol–water partition coefficient (Wildman–Crippen LogP) is -7.57. The largest absolute Gasteiger partial charge is 0.394 e. The van der Waals surface area contributed by atoms with E-state index < -0.39 is 112 Å². The van der Waals surface area contributed by atoms with Gasteiger partial charge in [-0.25, -0.2) is 0 Å². The molecule has 0 radical (unpaired) electrons. The van der Waals surface area contributed by atoms with Gasteiger partial charge in [0.25, 0.3) is 0 Å². The van der Waals surface area contributed by atoms with Gasteiger partial charge in [-0.2, -0.15) is 0 Å². The molecule has 3 aliphatic heterocycles. The first kappa shape index (κ1) is 27.9. The summed E-state index contributed by atoms with van der Waals surface area (Å²) in [5.74, 6) is 0. The molecule has 16 heteroatoms. The molecule has 0 aromatic carbocycles. The number of aliphatic hydroxyl groups is 11. The first-order valence-corrected chi connectivity index (χ1v) is 10.6. The van der Waals surface area contributed by atoms with E-state index in [9.17, 15) is 56.2 Å². The molecule has 0 unspecified atom stereocenters. The Labute approximate surface area is 192 Å². The average Bonchev–Trinajstić information content (AvgIpc) is 2.82. The zero-order valence-electron chi connectivity index (χ0n) is 17.7. The van der Waals surface area contributed by atoms with Crippen LogP contribution in [0.3, 0.4) is 0 Å². The zero-order valence-corrected chi connectivity index (χ0v) is 17.7. The number of rotatable bonds is 7. The van der Waals surface area contributed by atoms with Gasteiger partial charge in [0, 0.05) is 0 Å². The van der Waals surface area contributed by atoms with Crippen molar-refractivity contribution in [2.45, 2.75) is 92.1 Å². The summed E-state index contributed by atoms with van der Waals surface area (Å²) in [6.45, 7) is -2.06. The molecule has 11 N–H and O–H groups in total. The number of aliphatic hydroxyl groups excluding tert-OH is 11. The maximum absolute atomic E-state index is 10.3. The molecule has 0 aromatic heterocycles. The highest BCUT2D eigenvalue weighted by Gasteiger charge is 2.51. The number of ether oxygens (including phenoxy) is 5. The Balaban J connectivity index is 1.66. The van der Waals surface area contributed by atoms with Crippen LogP contribution in [0.2, 0.25) is 0 Å². The lowest BCUT2D eigenvalue weighted by Crippen LogP contribution is -2.65. The summed E-state index contributed by atoms with van der Waals surface area (Å²) in [5, 5.41) is 109. The second-order valence-corrected chi connectivity index (χ2v) is 8.37. The summed E-state index contributed by atoms with van der Waals surface area (Å²) in [6.07, 6.45) is -25.0. The fourth-order valence-electron chi connectivity index (χ4n) is 3.94. The van der Waals surface area contributed by atoms with Crippen molar-refractivity contribution in [3.63, 3.8) is 0 Å². The normalized spacial score (nSPS) is 52.5. The van der Waals surface area contributed by atoms with Gasteiger partial charge in [0.15, 0.2) is 18.9 Å². The van der Waals surface area contributed by atoms with E-state index in [0.29, 0.717) is 0 Å². The van der Waals surface area contributed by atoms with Crippen molar-refractivity contribution in [3.8, 4) is 0 Å². The Hall–Kier alpha value is -0.640. The van der Waals surface area contributed by atoms with E-state index in [2.05, 4.69) is 0 Å². The van der Waals surface area contributed by atoms with Crippen molar-refractivity contribution in [1.82, 2.24) is 0 Å². The molecule has 3 saturated heterocycles. The van der Waals surface area contributed by atoms with Crippen LogP contribution in [-0.2, 0) is 23.7 Å². The molecule has 0 bridgehead atoms. The van der Waals surface area contributed by atoms with Gasteiger partial charge in [-0.05, 0) is 0 Å². The molecular weight excluding hydrogens is 472 g/mol. The van der Waals surface area contributed by atoms with Gasteiger partial charge < -0.3 is 79.9 Å². The molecular formula is C18H32O16. The molecule has 200 valence electrons. The maximum Gasteiger partial charge on any atom is 0.187 e. The second kappa shape index (κ2) is 11.6. The molecule has 3 heterocycles. The average molecular weight is 504 g/mol. The minimum absolute atomic E-state index is 0.617. The molecule has 0 aromatic rings. The Morgan fingerprint density at radius 1 is 0.500 bits per heavy atom. The van der Waals surface area contributed by atoms with Gasteiger partial charge in [-0.1, -0.05) is 0 Å². The highest BCUT2D eigenvalue weighted by atomic mass is 16.7. The molecule has 3 rings (SSSR count). The lowest BCUT2D eigenvalue weighted by Gasteiger charge is -2.45. The lowest BCUT2D eigenvalue weighted by molar-refractivity contribution is -0.362. The van der Waals surface area contributed by atoms with E-state index in [1.807, 2.05) is 0 Å². The van der Waals surface area contributed by atoms with E-state index in [-0.39, 0.29) is 0 Å². The Kier molecular flexibility index (Phi) is 9.54. The zero-order chi connectivity index (χ0) is 25.3. The van der Waals surface area contributed by atoms with Gasteiger partial charge in [0.1, 0.15) is 73.2 Å². The number of hydrogen-bond acceptors (Lipinski definition) is 16. The molecule has 3 aliphatic rings. The van der Waals surface area contributed by atoms with Crippen molar-refractivity contribution in [2.75, 3.05) is 19.8 Å². The van der Waals surface area contributed by atoms with Crippen LogP contribution in [0.5, 0.6) is 0 Å². The van der Waals surface area contributed by atoms with Crippen LogP contribution in [0.4, 0.5) is 0 Å². The van der Waals surface area contributed by atoms with E-state index in [1.165, 1.54) is 0 Å². The van der Waals surface area contributed by atoms with Gasteiger partial charge >= 0.3 is 0 Å². The van der Waals surface area contributed by atoms with Gasteiger partial charge in [-0.3, -0.25) is 0 Å². The standard InChI is InChI=1S/C18H32O16/c19-1-4-7(21)10(24)12(26)17(32-4)30-3-6-8(22)11(25)13(27)18(33-6)34-15-9(23)5(2-20)31-16(29)14(15)28/h4-29H,1-3H2/t4-,5-,6-,7+,8+,9+,10+,11+,12-,13-,14-,15+,16-,17+,18-/m1/s1. The molecule has 34 heavy (non-hydrogen) atoms. The molecule has 15 atom stereocenters. The van der Waals surface area contributed by atoms with E-state index in [4.69, 9.17) is 23.7 Å². The smallest absolute Gasteiger partial charge is 0.187 e. The minimum Gasteiger partial charge on any atom is -0.394 e. The monoisotopic (exact) mass is 504 g/mol. The first-order chi connectivity index (χ1) is 16.0. The van der Waals surface area contributed by atoms with Gasteiger partial charge in [0.2, 0.25) is 0 Å². The Morgan fingerprint density at radius 2 is 1.00 bits per heavy atom. The summed E-state index contributed by atoms with van der Waals surface area (Å²) in [5.41, 5.74) is 0. The van der Waals surface area contributed by atoms with Crippen LogP contribution in [0.1, 0.15) is 0 Å². The first-order valence-electron chi connectivity index (χ1n) is 10.6. The number of hydrogen-bond donors (Lipinski definition) is 11.